The largest absolute Gasteiger partial charge is 0.375 e. The lowest BCUT2D eigenvalue weighted by molar-refractivity contribution is -0.120. The molecule has 5 heteroatoms. The average Bonchev–Trinajstić information content (AvgIpc) is 2.24. The van der Waals surface area contributed by atoms with Gasteiger partial charge in [0.25, 0.3) is 0 Å². The fourth-order valence-electron chi connectivity index (χ4n) is 1.42. The predicted molar refractivity (Wildman–Crippen MR) is 72.6 cm³/mol. The highest BCUT2D eigenvalue weighted by Gasteiger charge is 2.14. The van der Waals surface area contributed by atoms with Crippen molar-refractivity contribution in [3.8, 4) is 6.07 Å². The summed E-state index contributed by atoms with van der Waals surface area (Å²) in [6, 6.07) is 7.10. The van der Waals surface area contributed by atoms with E-state index in [9.17, 15) is 4.79 Å². The summed E-state index contributed by atoms with van der Waals surface area (Å²) in [4.78, 5) is 11.6. The van der Waals surface area contributed by atoms with Crippen LogP contribution < -0.4 is 10.6 Å². The van der Waals surface area contributed by atoms with Gasteiger partial charge >= 0.3 is 0 Å². The van der Waals surface area contributed by atoms with E-state index in [1.807, 2.05) is 26.8 Å². The van der Waals surface area contributed by atoms with Crippen LogP contribution in [0, 0.1) is 11.3 Å². The molecule has 18 heavy (non-hydrogen) atoms. The van der Waals surface area contributed by atoms with Crippen molar-refractivity contribution in [2.45, 2.75) is 26.3 Å². The molecule has 1 rings (SSSR count). The Morgan fingerprint density at radius 1 is 1.44 bits per heavy atom. The van der Waals surface area contributed by atoms with Crippen LogP contribution in [0.25, 0.3) is 0 Å². The van der Waals surface area contributed by atoms with E-state index in [1.54, 1.807) is 18.2 Å². The number of rotatable bonds is 3. The van der Waals surface area contributed by atoms with E-state index in [0.717, 1.165) is 0 Å². The maximum atomic E-state index is 11.6. The number of benzene rings is 1. The standard InChI is InChI=1S/C13H16ClN3O/c1-13(2,3)17-12(18)8-16-11-6-4-5-10(14)9(11)7-15/h4-6,16H,8H2,1-3H3,(H,17,18). The first-order chi connectivity index (χ1) is 8.33. The second kappa shape index (κ2) is 5.74. The highest BCUT2D eigenvalue weighted by molar-refractivity contribution is 6.32. The third-order valence-corrected chi connectivity index (χ3v) is 2.39. The van der Waals surface area contributed by atoms with E-state index in [-0.39, 0.29) is 18.0 Å². The van der Waals surface area contributed by atoms with Crippen LogP contribution >= 0.6 is 11.6 Å². The van der Waals surface area contributed by atoms with Gasteiger partial charge in [0.05, 0.1) is 22.8 Å². The third-order valence-electron chi connectivity index (χ3n) is 2.08. The minimum Gasteiger partial charge on any atom is -0.375 e. The molecule has 2 N–H and O–H groups in total. The summed E-state index contributed by atoms with van der Waals surface area (Å²) in [6.45, 7) is 5.83. The van der Waals surface area contributed by atoms with Gasteiger partial charge in [0.2, 0.25) is 5.91 Å². The van der Waals surface area contributed by atoms with Crippen molar-refractivity contribution >= 4 is 23.2 Å². The molecule has 0 fully saturated rings. The van der Waals surface area contributed by atoms with Crippen LogP contribution in [0.4, 0.5) is 5.69 Å². The number of anilines is 1. The van der Waals surface area contributed by atoms with Crippen LogP contribution in [0.2, 0.25) is 5.02 Å². The second-order valence-electron chi connectivity index (χ2n) is 4.93. The molecule has 0 aromatic heterocycles. The number of nitrogens with zero attached hydrogens (tertiary/aromatic N) is 1. The first kappa shape index (κ1) is 14.3. The van der Waals surface area contributed by atoms with Crippen molar-refractivity contribution in [2.75, 3.05) is 11.9 Å². The molecule has 0 unspecified atom stereocenters. The Kier molecular flexibility index (Phi) is 4.57. The summed E-state index contributed by atoms with van der Waals surface area (Å²) in [5.41, 5.74) is 0.641. The number of carbonyl (C=O) groups is 1. The summed E-state index contributed by atoms with van der Waals surface area (Å²) in [5.74, 6) is -0.133. The van der Waals surface area contributed by atoms with Crippen molar-refractivity contribution < 1.29 is 4.79 Å². The number of carbonyl (C=O) groups excluding carboxylic acids is 1. The monoisotopic (exact) mass is 265 g/mol. The minimum atomic E-state index is -0.273. The molecule has 0 heterocycles. The quantitative estimate of drug-likeness (QED) is 0.883. The van der Waals surface area contributed by atoms with Gasteiger partial charge in [-0.1, -0.05) is 17.7 Å². The minimum absolute atomic E-state index is 0.103. The van der Waals surface area contributed by atoms with Crippen molar-refractivity contribution in [2.24, 2.45) is 0 Å². The Bertz CT molecular complexity index is 486. The van der Waals surface area contributed by atoms with E-state index in [4.69, 9.17) is 16.9 Å². The Hall–Kier alpha value is -1.73. The Labute approximate surface area is 112 Å². The molecule has 0 atom stereocenters. The molecular formula is C13H16ClN3O. The molecular weight excluding hydrogens is 250 g/mol. The molecule has 0 saturated heterocycles. The maximum Gasteiger partial charge on any atom is 0.239 e. The molecule has 1 aromatic rings. The highest BCUT2D eigenvalue weighted by atomic mass is 35.5. The number of hydrogen-bond acceptors (Lipinski definition) is 3. The van der Waals surface area contributed by atoms with Crippen molar-refractivity contribution in [1.82, 2.24) is 5.32 Å². The fourth-order valence-corrected chi connectivity index (χ4v) is 1.64. The molecule has 0 spiro atoms. The average molecular weight is 266 g/mol. The summed E-state index contributed by atoms with van der Waals surface area (Å²) < 4.78 is 0. The number of amides is 1. The van der Waals surface area contributed by atoms with Gasteiger partial charge in [0.15, 0.2) is 0 Å². The van der Waals surface area contributed by atoms with Gasteiger partial charge < -0.3 is 10.6 Å². The Balaban J connectivity index is 2.68. The van der Waals surface area contributed by atoms with Gasteiger partial charge in [-0.3, -0.25) is 4.79 Å². The summed E-state index contributed by atoms with van der Waals surface area (Å²) >= 11 is 5.89. The van der Waals surface area contributed by atoms with Crippen LogP contribution in [-0.4, -0.2) is 18.0 Å². The molecule has 0 aliphatic heterocycles. The van der Waals surface area contributed by atoms with Crippen LogP contribution in [-0.2, 0) is 4.79 Å². The zero-order valence-electron chi connectivity index (χ0n) is 10.7. The molecule has 0 aliphatic carbocycles. The van der Waals surface area contributed by atoms with Gasteiger partial charge in [-0.2, -0.15) is 5.26 Å². The number of nitriles is 1. The summed E-state index contributed by atoms with van der Waals surface area (Å²) in [7, 11) is 0. The SMILES string of the molecule is CC(C)(C)NC(=O)CNc1cccc(Cl)c1C#N. The van der Waals surface area contributed by atoms with Crippen LogP contribution in [0.3, 0.4) is 0 Å². The molecule has 1 amide bonds. The molecule has 1 aromatic carbocycles. The molecule has 4 nitrogen and oxygen atoms in total. The number of hydrogen-bond donors (Lipinski definition) is 2. The van der Waals surface area contributed by atoms with Crippen molar-refractivity contribution in [1.29, 1.82) is 5.26 Å². The molecule has 0 bridgehead atoms. The van der Waals surface area contributed by atoms with Gasteiger partial charge in [-0.25, -0.2) is 0 Å². The smallest absolute Gasteiger partial charge is 0.239 e. The zero-order chi connectivity index (χ0) is 13.8. The lowest BCUT2D eigenvalue weighted by Gasteiger charge is -2.20. The normalized spacial score (nSPS) is 10.6. The van der Waals surface area contributed by atoms with E-state index in [2.05, 4.69) is 10.6 Å². The summed E-state index contributed by atoms with van der Waals surface area (Å²) in [5, 5.41) is 15.1. The lowest BCUT2D eigenvalue weighted by Crippen LogP contribution is -2.43. The number of nitrogens with one attached hydrogen (secondary N) is 2. The zero-order valence-corrected chi connectivity index (χ0v) is 11.4. The topological polar surface area (TPSA) is 64.9 Å². The Morgan fingerprint density at radius 3 is 2.67 bits per heavy atom. The second-order valence-corrected chi connectivity index (χ2v) is 5.33. The fraction of sp³-hybridized carbons (Fsp3) is 0.385. The Morgan fingerprint density at radius 2 is 2.11 bits per heavy atom. The first-order valence-electron chi connectivity index (χ1n) is 5.57. The van der Waals surface area contributed by atoms with E-state index < -0.39 is 0 Å². The predicted octanol–water partition coefficient (Wildman–Crippen LogP) is 2.54. The van der Waals surface area contributed by atoms with E-state index in [0.29, 0.717) is 16.3 Å². The van der Waals surface area contributed by atoms with E-state index >= 15 is 0 Å². The first-order valence-corrected chi connectivity index (χ1v) is 5.95. The van der Waals surface area contributed by atoms with Crippen molar-refractivity contribution in [3.63, 3.8) is 0 Å². The van der Waals surface area contributed by atoms with Gasteiger partial charge in [-0.15, -0.1) is 0 Å². The van der Waals surface area contributed by atoms with Gasteiger partial charge in [0, 0.05) is 5.54 Å². The van der Waals surface area contributed by atoms with Crippen LogP contribution in [0.1, 0.15) is 26.3 Å². The molecule has 0 saturated carbocycles. The highest BCUT2D eigenvalue weighted by Crippen LogP contribution is 2.22. The molecule has 0 aliphatic rings. The van der Waals surface area contributed by atoms with Crippen molar-refractivity contribution in [3.05, 3.63) is 28.8 Å². The molecule has 0 radical (unpaired) electrons. The summed E-state index contributed by atoms with van der Waals surface area (Å²) in [6.07, 6.45) is 0. The maximum absolute atomic E-state index is 11.6. The van der Waals surface area contributed by atoms with Crippen LogP contribution in [0.15, 0.2) is 18.2 Å². The molecule has 96 valence electrons. The number of halogens is 1. The van der Waals surface area contributed by atoms with Gasteiger partial charge in [-0.05, 0) is 32.9 Å². The third kappa shape index (κ3) is 4.27. The van der Waals surface area contributed by atoms with E-state index in [1.165, 1.54) is 0 Å². The van der Waals surface area contributed by atoms with Crippen LogP contribution in [0.5, 0.6) is 0 Å². The lowest BCUT2D eigenvalue weighted by atomic mass is 10.1. The van der Waals surface area contributed by atoms with Gasteiger partial charge in [0.1, 0.15) is 6.07 Å².